The highest BCUT2D eigenvalue weighted by Crippen LogP contribution is 2.13. The highest BCUT2D eigenvalue weighted by Gasteiger charge is 2.00. The van der Waals surface area contributed by atoms with Crippen LogP contribution >= 0.6 is 22.9 Å². The first-order valence-electron chi connectivity index (χ1n) is 6.41. The van der Waals surface area contributed by atoms with Crippen molar-refractivity contribution in [3.63, 3.8) is 0 Å². The summed E-state index contributed by atoms with van der Waals surface area (Å²) in [5.41, 5.74) is 0.985. The van der Waals surface area contributed by atoms with Gasteiger partial charge in [0.1, 0.15) is 0 Å². The Kier molecular flexibility index (Phi) is 8.59. The van der Waals surface area contributed by atoms with E-state index in [4.69, 9.17) is 21.1 Å². The number of alkyl halides is 1. The molecule has 0 aliphatic carbocycles. The molecule has 3 nitrogen and oxygen atoms in total. The predicted molar refractivity (Wildman–Crippen MR) is 76.5 cm³/mol. The molecule has 0 amide bonds. The molecule has 0 aliphatic heterocycles. The van der Waals surface area contributed by atoms with Crippen LogP contribution in [0.4, 0.5) is 0 Å². The third kappa shape index (κ3) is 7.31. The summed E-state index contributed by atoms with van der Waals surface area (Å²) in [6, 6.07) is 0. The lowest BCUT2D eigenvalue weighted by Crippen LogP contribution is -2.10. The van der Waals surface area contributed by atoms with Gasteiger partial charge in [-0.3, -0.25) is 0 Å². The first kappa shape index (κ1) is 15.9. The van der Waals surface area contributed by atoms with Crippen molar-refractivity contribution in [3.8, 4) is 0 Å². The fraction of sp³-hybridized carbons (Fsp3) is 0.769. The number of thiazole rings is 1. The highest BCUT2D eigenvalue weighted by atomic mass is 35.5. The summed E-state index contributed by atoms with van der Waals surface area (Å²) in [4.78, 5) is 4.42. The number of hydrogen-bond donors (Lipinski definition) is 0. The molecule has 1 aromatic rings. The molecule has 0 saturated heterocycles. The summed E-state index contributed by atoms with van der Waals surface area (Å²) in [6.45, 7) is 6.23. The first-order chi connectivity index (χ1) is 8.72. The Bertz CT molecular complexity index is 318. The summed E-state index contributed by atoms with van der Waals surface area (Å²) < 4.78 is 10.9. The lowest BCUT2D eigenvalue weighted by atomic mass is 10.2. The zero-order valence-corrected chi connectivity index (χ0v) is 12.7. The quantitative estimate of drug-likeness (QED) is 0.487. The largest absolute Gasteiger partial charge is 0.379 e. The van der Waals surface area contributed by atoms with Gasteiger partial charge in [-0.05, 0) is 33.1 Å². The molecule has 0 aliphatic rings. The minimum atomic E-state index is 0.287. The molecule has 1 heterocycles. The van der Waals surface area contributed by atoms with Crippen molar-refractivity contribution in [1.29, 1.82) is 0 Å². The van der Waals surface area contributed by atoms with Crippen LogP contribution in [0.15, 0.2) is 5.38 Å². The van der Waals surface area contributed by atoms with E-state index in [2.05, 4.69) is 4.98 Å². The lowest BCUT2D eigenvalue weighted by Gasteiger charge is -2.07. The minimum absolute atomic E-state index is 0.287. The van der Waals surface area contributed by atoms with Crippen LogP contribution in [0.5, 0.6) is 0 Å². The maximum Gasteiger partial charge on any atom is 0.0928 e. The zero-order valence-electron chi connectivity index (χ0n) is 11.2. The smallest absolute Gasteiger partial charge is 0.0928 e. The third-order valence-corrected chi connectivity index (χ3v) is 3.58. The molecule has 0 spiro atoms. The van der Waals surface area contributed by atoms with E-state index < -0.39 is 0 Å². The van der Waals surface area contributed by atoms with Crippen molar-refractivity contribution in [1.82, 2.24) is 4.98 Å². The lowest BCUT2D eigenvalue weighted by molar-refractivity contribution is 0.0187. The molecule has 1 rings (SSSR count). The Morgan fingerprint density at radius 3 is 2.78 bits per heavy atom. The molecule has 0 fully saturated rings. The molecule has 104 valence electrons. The van der Waals surface area contributed by atoms with Gasteiger partial charge in [0.2, 0.25) is 0 Å². The number of ether oxygens (including phenoxy) is 2. The van der Waals surface area contributed by atoms with Crippen molar-refractivity contribution < 1.29 is 9.47 Å². The summed E-state index contributed by atoms with van der Waals surface area (Å²) in [6.07, 6.45) is 3.49. The molecule has 0 unspecified atom stereocenters. The third-order valence-electron chi connectivity index (χ3n) is 2.34. The second-order valence-corrected chi connectivity index (χ2v) is 5.57. The van der Waals surface area contributed by atoms with E-state index in [9.17, 15) is 0 Å². The van der Waals surface area contributed by atoms with Gasteiger partial charge >= 0.3 is 0 Å². The number of nitrogens with zero attached hydrogens (tertiary/aromatic N) is 1. The Hall–Kier alpha value is -0.160. The molecule has 0 saturated carbocycles. The van der Waals surface area contributed by atoms with E-state index in [-0.39, 0.29) is 6.10 Å². The Morgan fingerprint density at radius 1 is 1.28 bits per heavy atom. The van der Waals surface area contributed by atoms with Crippen molar-refractivity contribution in [2.45, 2.75) is 45.1 Å². The van der Waals surface area contributed by atoms with E-state index >= 15 is 0 Å². The van der Waals surface area contributed by atoms with Gasteiger partial charge in [0.15, 0.2) is 0 Å². The number of aromatic nitrogens is 1. The van der Waals surface area contributed by atoms with Crippen LogP contribution in [-0.4, -0.2) is 30.9 Å². The van der Waals surface area contributed by atoms with Gasteiger partial charge in [-0.15, -0.1) is 22.9 Å². The molecule has 0 radical (unpaired) electrons. The Balaban J connectivity index is 1.92. The molecular formula is C13H22ClNO2S. The van der Waals surface area contributed by atoms with Gasteiger partial charge in [-0.25, -0.2) is 4.98 Å². The summed E-state index contributed by atoms with van der Waals surface area (Å²) >= 11 is 7.40. The van der Waals surface area contributed by atoms with E-state index in [0.29, 0.717) is 19.1 Å². The van der Waals surface area contributed by atoms with Crippen molar-refractivity contribution in [2.75, 3.05) is 19.8 Å². The molecule has 0 aromatic carbocycles. The molecule has 0 atom stereocenters. The zero-order chi connectivity index (χ0) is 13.2. The van der Waals surface area contributed by atoms with Crippen molar-refractivity contribution >= 4 is 22.9 Å². The van der Waals surface area contributed by atoms with E-state index in [1.165, 1.54) is 5.01 Å². The molecule has 1 aromatic heterocycles. The maximum atomic E-state index is 5.71. The number of halogens is 1. The second kappa shape index (κ2) is 9.73. The SMILES string of the molecule is CC(C)OCCOCCCCc1nc(CCl)cs1. The van der Waals surface area contributed by atoms with Crippen molar-refractivity contribution in [3.05, 3.63) is 16.1 Å². The Morgan fingerprint density at radius 2 is 2.11 bits per heavy atom. The van der Waals surface area contributed by atoms with Crippen LogP contribution in [-0.2, 0) is 21.8 Å². The van der Waals surface area contributed by atoms with Crippen LogP contribution in [0.1, 0.15) is 37.4 Å². The molecule has 0 bridgehead atoms. The van der Waals surface area contributed by atoms with Gasteiger partial charge in [-0.2, -0.15) is 0 Å². The number of hydrogen-bond acceptors (Lipinski definition) is 4. The molecular weight excluding hydrogens is 270 g/mol. The van der Waals surface area contributed by atoms with Crippen molar-refractivity contribution in [2.24, 2.45) is 0 Å². The van der Waals surface area contributed by atoms with Crippen LogP contribution in [0.3, 0.4) is 0 Å². The topological polar surface area (TPSA) is 31.4 Å². The van der Waals surface area contributed by atoms with E-state index in [0.717, 1.165) is 31.6 Å². The normalized spacial score (nSPS) is 11.3. The van der Waals surface area contributed by atoms with Crippen LogP contribution < -0.4 is 0 Å². The monoisotopic (exact) mass is 291 g/mol. The number of unbranched alkanes of at least 4 members (excludes halogenated alkanes) is 1. The van der Waals surface area contributed by atoms with Crippen LogP contribution in [0.2, 0.25) is 0 Å². The van der Waals surface area contributed by atoms with Gasteiger partial charge < -0.3 is 9.47 Å². The average molecular weight is 292 g/mol. The molecule has 0 N–H and O–H groups in total. The number of rotatable bonds is 10. The van der Waals surface area contributed by atoms with E-state index in [1.807, 2.05) is 19.2 Å². The second-order valence-electron chi connectivity index (χ2n) is 4.36. The van der Waals surface area contributed by atoms with Gasteiger partial charge in [0.05, 0.1) is 35.9 Å². The standard InChI is InChI=1S/C13H22ClNO2S/c1-11(2)17-8-7-16-6-4-3-5-13-15-12(9-14)10-18-13/h10-11H,3-9H2,1-2H3. The fourth-order valence-corrected chi connectivity index (χ4v) is 2.52. The predicted octanol–water partition coefficient (Wildman–Crippen LogP) is 3.65. The molecule has 18 heavy (non-hydrogen) atoms. The summed E-state index contributed by atoms with van der Waals surface area (Å²) in [7, 11) is 0. The van der Waals surface area contributed by atoms with E-state index in [1.54, 1.807) is 11.3 Å². The maximum absolute atomic E-state index is 5.71. The fourth-order valence-electron chi connectivity index (χ4n) is 1.45. The summed E-state index contributed by atoms with van der Waals surface area (Å²) in [5.74, 6) is 0.509. The average Bonchev–Trinajstić information content (AvgIpc) is 2.80. The van der Waals surface area contributed by atoms with Crippen LogP contribution in [0, 0.1) is 0 Å². The van der Waals surface area contributed by atoms with Gasteiger partial charge in [0, 0.05) is 12.0 Å². The summed E-state index contributed by atoms with van der Waals surface area (Å²) in [5, 5.41) is 3.20. The van der Waals surface area contributed by atoms with Crippen LogP contribution in [0.25, 0.3) is 0 Å². The minimum Gasteiger partial charge on any atom is -0.379 e. The highest BCUT2D eigenvalue weighted by molar-refractivity contribution is 7.09. The Labute approximate surface area is 118 Å². The van der Waals surface area contributed by atoms with Gasteiger partial charge in [-0.1, -0.05) is 0 Å². The van der Waals surface area contributed by atoms with Gasteiger partial charge in [0.25, 0.3) is 0 Å². The molecule has 5 heteroatoms. The number of aryl methyl sites for hydroxylation is 1. The first-order valence-corrected chi connectivity index (χ1v) is 7.82.